The minimum absolute atomic E-state index is 0.00477. The highest BCUT2D eigenvalue weighted by Crippen LogP contribution is 2.38. The first-order valence-corrected chi connectivity index (χ1v) is 13.9. The molecule has 3 aliphatic rings. The highest BCUT2D eigenvalue weighted by molar-refractivity contribution is 7.89. The van der Waals surface area contributed by atoms with Gasteiger partial charge in [0.2, 0.25) is 27.6 Å². The number of aromatic nitrogens is 2. The van der Waals surface area contributed by atoms with Gasteiger partial charge in [0, 0.05) is 29.9 Å². The van der Waals surface area contributed by atoms with Gasteiger partial charge in [-0.05, 0) is 51.5 Å². The van der Waals surface area contributed by atoms with E-state index in [4.69, 9.17) is 4.52 Å². The molecule has 10 heteroatoms. The normalized spacial score (nSPS) is 23.3. The lowest BCUT2D eigenvalue weighted by Gasteiger charge is -2.31. The summed E-state index contributed by atoms with van der Waals surface area (Å²) < 4.78 is 33.8. The van der Waals surface area contributed by atoms with Crippen LogP contribution in [-0.2, 0) is 14.8 Å². The average molecular weight is 479 g/mol. The third-order valence-electron chi connectivity index (χ3n) is 7.06. The predicted octanol–water partition coefficient (Wildman–Crippen LogP) is 3.83. The maximum Gasteiger partial charge on any atom is 0.244 e. The van der Waals surface area contributed by atoms with Crippen LogP contribution in [0.15, 0.2) is 15.5 Å². The minimum Gasteiger partial charge on any atom is -0.353 e. The molecule has 1 atom stereocenters. The number of thiophene rings is 1. The van der Waals surface area contributed by atoms with Gasteiger partial charge in [0.1, 0.15) is 0 Å². The van der Waals surface area contributed by atoms with E-state index in [2.05, 4.69) is 15.5 Å². The average Bonchev–Trinajstić information content (AvgIpc) is 3.48. The van der Waals surface area contributed by atoms with E-state index in [0.717, 1.165) is 44.9 Å². The van der Waals surface area contributed by atoms with E-state index in [1.54, 1.807) is 6.07 Å². The van der Waals surface area contributed by atoms with Gasteiger partial charge in [0.25, 0.3) is 0 Å². The Balaban J connectivity index is 1.31. The molecular formula is C22H30N4O4S2. The summed E-state index contributed by atoms with van der Waals surface area (Å²) in [5, 5.41) is 7.22. The fourth-order valence-corrected chi connectivity index (χ4v) is 7.90. The molecule has 8 nitrogen and oxygen atoms in total. The van der Waals surface area contributed by atoms with E-state index < -0.39 is 10.0 Å². The van der Waals surface area contributed by atoms with Crippen LogP contribution in [0.3, 0.4) is 0 Å². The molecule has 1 saturated heterocycles. The Hall–Kier alpha value is -1.78. The molecule has 0 spiro atoms. The molecule has 32 heavy (non-hydrogen) atoms. The van der Waals surface area contributed by atoms with Crippen molar-refractivity contribution in [1.82, 2.24) is 19.8 Å². The standard InChI is InChI=1S/C22H30N4O4S2/c1-14-19(12-18(31-14)20-24-22(30-25-20)15-6-4-7-15)32(28,29)26-11-5-8-16(13-26)21(27)23-17-9-2-3-10-17/h12,15-17H,2-11,13H2,1H3,(H,23,27). The van der Waals surface area contributed by atoms with E-state index in [-0.39, 0.29) is 29.3 Å². The summed E-state index contributed by atoms with van der Waals surface area (Å²) in [7, 11) is -3.70. The fraction of sp³-hybridized carbons (Fsp3) is 0.682. The van der Waals surface area contributed by atoms with E-state index in [1.807, 2.05) is 6.92 Å². The number of piperidine rings is 1. The maximum atomic E-state index is 13.5. The number of hydrogen-bond acceptors (Lipinski definition) is 7. The SMILES string of the molecule is Cc1sc(-c2noc(C3CCC3)n2)cc1S(=O)(=O)N1CCCC(C(=O)NC2CCCC2)C1. The zero-order valence-corrected chi connectivity index (χ0v) is 20.0. The number of nitrogens with zero attached hydrogens (tertiary/aromatic N) is 3. The van der Waals surface area contributed by atoms with Crippen LogP contribution < -0.4 is 5.32 Å². The van der Waals surface area contributed by atoms with Crippen molar-refractivity contribution >= 4 is 27.3 Å². The van der Waals surface area contributed by atoms with Crippen molar-refractivity contribution in [3.8, 4) is 10.7 Å². The summed E-state index contributed by atoms with van der Waals surface area (Å²) >= 11 is 1.37. The number of aryl methyl sites for hydroxylation is 1. The quantitative estimate of drug-likeness (QED) is 0.676. The molecule has 1 N–H and O–H groups in total. The van der Waals surface area contributed by atoms with E-state index in [9.17, 15) is 13.2 Å². The Kier molecular flexibility index (Phi) is 6.11. The van der Waals surface area contributed by atoms with Crippen LogP contribution in [0.2, 0.25) is 0 Å². The van der Waals surface area contributed by atoms with Crippen molar-refractivity contribution in [1.29, 1.82) is 0 Å². The summed E-state index contributed by atoms with van der Waals surface area (Å²) in [4.78, 5) is 18.9. The molecule has 2 saturated carbocycles. The second-order valence-electron chi connectivity index (χ2n) is 9.31. The van der Waals surface area contributed by atoms with Crippen molar-refractivity contribution in [3.63, 3.8) is 0 Å². The number of sulfonamides is 1. The van der Waals surface area contributed by atoms with E-state index >= 15 is 0 Å². The van der Waals surface area contributed by atoms with Crippen LogP contribution in [-0.4, -0.2) is 47.9 Å². The van der Waals surface area contributed by atoms with E-state index in [0.29, 0.717) is 40.4 Å². The van der Waals surface area contributed by atoms with Gasteiger partial charge in [-0.15, -0.1) is 11.3 Å². The van der Waals surface area contributed by atoms with Crippen molar-refractivity contribution in [3.05, 3.63) is 16.8 Å². The first kappa shape index (κ1) is 22.0. The lowest BCUT2D eigenvalue weighted by atomic mass is 9.85. The van der Waals surface area contributed by atoms with Crippen LogP contribution >= 0.6 is 11.3 Å². The van der Waals surface area contributed by atoms with Crippen molar-refractivity contribution in [2.75, 3.05) is 13.1 Å². The minimum atomic E-state index is -3.70. The highest BCUT2D eigenvalue weighted by atomic mass is 32.2. The van der Waals surface area contributed by atoms with Gasteiger partial charge in [-0.2, -0.15) is 9.29 Å². The fourth-order valence-electron chi connectivity index (χ4n) is 4.89. The third-order valence-corrected chi connectivity index (χ3v) is 10.2. The summed E-state index contributed by atoms with van der Waals surface area (Å²) in [6.07, 6.45) is 9.07. The van der Waals surface area contributed by atoms with Gasteiger partial charge >= 0.3 is 0 Å². The lowest BCUT2D eigenvalue weighted by Crippen LogP contribution is -2.47. The molecule has 0 radical (unpaired) electrons. The second-order valence-corrected chi connectivity index (χ2v) is 12.5. The maximum absolute atomic E-state index is 13.5. The third kappa shape index (κ3) is 4.24. The Labute approximate surface area is 192 Å². The summed E-state index contributed by atoms with van der Waals surface area (Å²) in [5.74, 6) is 1.14. The number of carbonyl (C=O) groups excluding carboxylic acids is 1. The number of carbonyl (C=O) groups is 1. The van der Waals surface area contributed by atoms with Crippen molar-refractivity contribution in [2.45, 2.75) is 81.6 Å². The predicted molar refractivity (Wildman–Crippen MR) is 121 cm³/mol. The molecule has 0 aromatic carbocycles. The molecule has 5 rings (SSSR count). The summed E-state index contributed by atoms with van der Waals surface area (Å²) in [5.41, 5.74) is 0. The lowest BCUT2D eigenvalue weighted by molar-refractivity contribution is -0.126. The molecule has 1 aliphatic heterocycles. The monoisotopic (exact) mass is 478 g/mol. The zero-order valence-electron chi connectivity index (χ0n) is 18.4. The first-order valence-electron chi connectivity index (χ1n) is 11.7. The Morgan fingerprint density at radius 3 is 2.66 bits per heavy atom. The molecular weight excluding hydrogens is 448 g/mol. The van der Waals surface area contributed by atoms with Crippen molar-refractivity contribution in [2.24, 2.45) is 5.92 Å². The van der Waals surface area contributed by atoms with Gasteiger partial charge < -0.3 is 9.84 Å². The van der Waals surface area contributed by atoms with Crippen LogP contribution in [0, 0.1) is 12.8 Å². The van der Waals surface area contributed by atoms with Crippen LogP contribution in [0.25, 0.3) is 10.7 Å². The Bertz CT molecular complexity index is 1080. The highest BCUT2D eigenvalue weighted by Gasteiger charge is 2.36. The van der Waals surface area contributed by atoms with E-state index in [1.165, 1.54) is 22.1 Å². The van der Waals surface area contributed by atoms with Crippen LogP contribution in [0.4, 0.5) is 0 Å². The molecule has 2 aliphatic carbocycles. The number of hydrogen-bond donors (Lipinski definition) is 1. The molecule has 174 valence electrons. The molecule has 0 bridgehead atoms. The second kappa shape index (κ2) is 8.87. The number of amides is 1. The van der Waals surface area contributed by atoms with Gasteiger partial charge in [-0.1, -0.05) is 24.4 Å². The summed E-state index contributed by atoms with van der Waals surface area (Å²) in [6.45, 7) is 2.48. The van der Waals surface area contributed by atoms with Gasteiger partial charge in [0.15, 0.2) is 0 Å². The molecule has 2 aromatic rings. The smallest absolute Gasteiger partial charge is 0.244 e. The molecule has 1 unspecified atom stereocenters. The largest absolute Gasteiger partial charge is 0.353 e. The van der Waals surface area contributed by atoms with Crippen LogP contribution in [0.5, 0.6) is 0 Å². The molecule has 1 amide bonds. The Morgan fingerprint density at radius 1 is 1.16 bits per heavy atom. The van der Waals surface area contributed by atoms with Gasteiger partial charge in [0.05, 0.1) is 15.7 Å². The van der Waals surface area contributed by atoms with Gasteiger partial charge in [-0.3, -0.25) is 4.79 Å². The Morgan fingerprint density at radius 2 is 1.94 bits per heavy atom. The topological polar surface area (TPSA) is 105 Å². The van der Waals surface area contributed by atoms with Crippen LogP contribution in [0.1, 0.15) is 74.5 Å². The number of nitrogens with one attached hydrogen (secondary N) is 1. The number of rotatable bonds is 6. The molecule has 3 heterocycles. The zero-order chi connectivity index (χ0) is 22.3. The van der Waals surface area contributed by atoms with Crippen molar-refractivity contribution < 1.29 is 17.7 Å². The molecule has 2 aromatic heterocycles. The summed E-state index contributed by atoms with van der Waals surface area (Å²) in [6, 6.07) is 1.91. The molecule has 3 fully saturated rings. The van der Waals surface area contributed by atoms with Gasteiger partial charge in [-0.25, -0.2) is 8.42 Å². The first-order chi connectivity index (χ1) is 15.4.